The summed E-state index contributed by atoms with van der Waals surface area (Å²) in [7, 11) is 0. The maximum atomic E-state index is 12.7. The van der Waals surface area contributed by atoms with Gasteiger partial charge in [-0.15, -0.1) is 0 Å². The van der Waals surface area contributed by atoms with Crippen molar-refractivity contribution in [3.63, 3.8) is 0 Å². The molecule has 2 aliphatic rings. The number of benzene rings is 2. The first-order valence-electron chi connectivity index (χ1n) is 10.2. The SMILES string of the molecule is O=C(CCN1CCC2(CCc3ccccc32)CC1)n1ccc2ccccc21. The molecular weight excluding hydrogens is 332 g/mol. The molecule has 3 aromatic rings. The number of aromatic nitrogens is 1. The van der Waals surface area contributed by atoms with Crippen molar-refractivity contribution in [3.05, 3.63) is 71.9 Å². The number of likely N-dealkylation sites (tertiary alicyclic amines) is 1. The van der Waals surface area contributed by atoms with Crippen molar-refractivity contribution in [1.29, 1.82) is 0 Å². The van der Waals surface area contributed by atoms with Gasteiger partial charge < -0.3 is 4.90 Å². The van der Waals surface area contributed by atoms with E-state index in [2.05, 4.69) is 35.2 Å². The zero-order chi connectivity index (χ0) is 18.3. The van der Waals surface area contributed by atoms with E-state index in [4.69, 9.17) is 0 Å². The molecule has 1 saturated heterocycles. The number of carbonyl (C=O) groups excluding carboxylic acids is 1. The van der Waals surface area contributed by atoms with Crippen molar-refractivity contribution in [2.45, 2.75) is 37.5 Å². The fourth-order valence-corrected chi connectivity index (χ4v) is 5.16. The molecule has 0 amide bonds. The fraction of sp³-hybridized carbons (Fsp3) is 0.375. The summed E-state index contributed by atoms with van der Waals surface area (Å²) < 4.78 is 1.81. The Hall–Kier alpha value is -2.39. The maximum absolute atomic E-state index is 12.7. The highest BCUT2D eigenvalue weighted by atomic mass is 16.2. The number of aryl methyl sites for hydroxylation is 1. The van der Waals surface area contributed by atoms with E-state index in [-0.39, 0.29) is 5.91 Å². The van der Waals surface area contributed by atoms with Crippen LogP contribution in [0.2, 0.25) is 0 Å². The molecule has 3 nitrogen and oxygen atoms in total. The van der Waals surface area contributed by atoms with Crippen LogP contribution in [-0.4, -0.2) is 35.0 Å². The Kier molecular flexibility index (Phi) is 4.13. The fourth-order valence-electron chi connectivity index (χ4n) is 5.16. The summed E-state index contributed by atoms with van der Waals surface area (Å²) in [4.78, 5) is 15.2. The lowest BCUT2D eigenvalue weighted by atomic mass is 9.74. The zero-order valence-electron chi connectivity index (χ0n) is 15.7. The second-order valence-electron chi connectivity index (χ2n) is 8.17. The van der Waals surface area contributed by atoms with Gasteiger partial charge in [-0.3, -0.25) is 9.36 Å². The minimum absolute atomic E-state index is 0.197. The quantitative estimate of drug-likeness (QED) is 0.681. The van der Waals surface area contributed by atoms with Crippen LogP contribution < -0.4 is 0 Å². The first-order valence-corrected chi connectivity index (χ1v) is 10.2. The predicted molar refractivity (Wildman–Crippen MR) is 109 cm³/mol. The van der Waals surface area contributed by atoms with E-state index in [1.165, 1.54) is 25.7 Å². The molecule has 1 aliphatic carbocycles. The lowest BCUT2D eigenvalue weighted by molar-refractivity contribution is 0.0869. The standard InChI is InChI=1S/C24H26N2O/c27-23(26-16-10-20-6-2-4-8-22(20)26)11-15-25-17-13-24(14-18-25)12-9-19-5-1-3-7-21(19)24/h1-8,10,16H,9,11-15,17-18H2. The Labute approximate surface area is 160 Å². The Morgan fingerprint density at radius 2 is 1.70 bits per heavy atom. The van der Waals surface area contributed by atoms with Gasteiger partial charge in [0.25, 0.3) is 0 Å². The van der Waals surface area contributed by atoms with Gasteiger partial charge in [0.15, 0.2) is 0 Å². The van der Waals surface area contributed by atoms with Crippen LogP contribution in [0.3, 0.4) is 0 Å². The van der Waals surface area contributed by atoms with Crippen LogP contribution in [0.1, 0.15) is 41.6 Å². The molecule has 138 valence electrons. The van der Waals surface area contributed by atoms with Gasteiger partial charge in [-0.25, -0.2) is 0 Å². The third-order valence-electron chi connectivity index (χ3n) is 6.78. The van der Waals surface area contributed by atoms with E-state index < -0.39 is 0 Å². The highest BCUT2D eigenvalue weighted by molar-refractivity contribution is 5.92. The molecule has 3 heteroatoms. The predicted octanol–water partition coefficient (Wildman–Crippen LogP) is 4.65. The number of rotatable bonds is 3. The Morgan fingerprint density at radius 3 is 2.59 bits per heavy atom. The highest BCUT2D eigenvalue weighted by Gasteiger charge is 2.40. The van der Waals surface area contributed by atoms with Crippen LogP contribution >= 0.6 is 0 Å². The molecular formula is C24H26N2O. The van der Waals surface area contributed by atoms with Crippen LogP contribution in [0, 0.1) is 0 Å². The van der Waals surface area contributed by atoms with Crippen LogP contribution in [0.25, 0.3) is 10.9 Å². The molecule has 5 rings (SSSR count). The number of hydrogen-bond acceptors (Lipinski definition) is 2. The molecule has 0 unspecified atom stereocenters. The summed E-state index contributed by atoms with van der Waals surface area (Å²) in [6, 6.07) is 19.1. The van der Waals surface area contributed by atoms with E-state index in [9.17, 15) is 4.79 Å². The third kappa shape index (κ3) is 2.90. The van der Waals surface area contributed by atoms with Crippen LogP contribution in [0.15, 0.2) is 60.8 Å². The molecule has 1 spiro atoms. The van der Waals surface area contributed by atoms with Crippen molar-refractivity contribution >= 4 is 16.8 Å². The lowest BCUT2D eigenvalue weighted by Gasteiger charge is -2.40. The van der Waals surface area contributed by atoms with E-state index in [0.717, 1.165) is 30.5 Å². The van der Waals surface area contributed by atoms with E-state index in [1.807, 2.05) is 35.0 Å². The van der Waals surface area contributed by atoms with Crippen molar-refractivity contribution in [2.75, 3.05) is 19.6 Å². The number of fused-ring (bicyclic) bond motifs is 3. The number of piperidine rings is 1. The normalized spacial score (nSPS) is 18.8. The molecule has 0 saturated carbocycles. The minimum Gasteiger partial charge on any atom is -0.303 e. The molecule has 2 heterocycles. The van der Waals surface area contributed by atoms with Crippen molar-refractivity contribution in [3.8, 4) is 0 Å². The molecule has 1 aromatic heterocycles. The average molecular weight is 358 g/mol. The zero-order valence-corrected chi connectivity index (χ0v) is 15.7. The second kappa shape index (κ2) is 6.65. The van der Waals surface area contributed by atoms with Gasteiger partial charge in [0.1, 0.15) is 0 Å². The second-order valence-corrected chi connectivity index (χ2v) is 8.17. The van der Waals surface area contributed by atoms with Crippen LogP contribution in [-0.2, 0) is 11.8 Å². The minimum atomic E-state index is 0.197. The van der Waals surface area contributed by atoms with Crippen molar-refractivity contribution in [2.24, 2.45) is 0 Å². The summed E-state index contributed by atoms with van der Waals surface area (Å²) in [6.45, 7) is 3.07. The van der Waals surface area contributed by atoms with Gasteiger partial charge in [0.05, 0.1) is 5.52 Å². The highest BCUT2D eigenvalue weighted by Crippen LogP contribution is 2.46. The van der Waals surface area contributed by atoms with Crippen molar-refractivity contribution in [1.82, 2.24) is 9.47 Å². The first kappa shape index (κ1) is 16.8. The number of para-hydroxylation sites is 1. The first-order chi connectivity index (χ1) is 13.3. The average Bonchev–Trinajstić information content (AvgIpc) is 3.30. The smallest absolute Gasteiger partial charge is 0.232 e. The van der Waals surface area contributed by atoms with Gasteiger partial charge in [-0.05, 0) is 67.4 Å². The molecule has 1 fully saturated rings. The molecule has 0 radical (unpaired) electrons. The largest absolute Gasteiger partial charge is 0.303 e. The lowest BCUT2D eigenvalue weighted by Crippen LogP contribution is -2.42. The molecule has 2 aromatic carbocycles. The number of hydrogen-bond donors (Lipinski definition) is 0. The summed E-state index contributed by atoms with van der Waals surface area (Å²) in [5.41, 5.74) is 4.57. The van der Waals surface area contributed by atoms with E-state index in [1.54, 1.807) is 11.1 Å². The maximum Gasteiger partial charge on any atom is 0.232 e. The van der Waals surface area contributed by atoms with Gasteiger partial charge in [-0.1, -0.05) is 42.5 Å². The molecule has 0 atom stereocenters. The van der Waals surface area contributed by atoms with Gasteiger partial charge in [0.2, 0.25) is 5.91 Å². The van der Waals surface area contributed by atoms with E-state index in [0.29, 0.717) is 11.8 Å². The van der Waals surface area contributed by atoms with Crippen LogP contribution in [0.4, 0.5) is 0 Å². The summed E-state index contributed by atoms with van der Waals surface area (Å²) in [6.07, 6.45) is 7.48. The molecule has 0 bridgehead atoms. The van der Waals surface area contributed by atoms with Gasteiger partial charge in [-0.2, -0.15) is 0 Å². The summed E-state index contributed by atoms with van der Waals surface area (Å²) >= 11 is 0. The molecule has 27 heavy (non-hydrogen) atoms. The van der Waals surface area contributed by atoms with E-state index >= 15 is 0 Å². The Balaban J connectivity index is 1.21. The molecule has 0 N–H and O–H groups in total. The summed E-state index contributed by atoms with van der Waals surface area (Å²) in [5, 5.41) is 1.13. The van der Waals surface area contributed by atoms with Crippen molar-refractivity contribution < 1.29 is 4.79 Å². The third-order valence-corrected chi connectivity index (χ3v) is 6.78. The number of carbonyl (C=O) groups is 1. The Bertz CT molecular complexity index is 979. The van der Waals surface area contributed by atoms with Crippen LogP contribution in [0.5, 0.6) is 0 Å². The van der Waals surface area contributed by atoms with Gasteiger partial charge >= 0.3 is 0 Å². The number of nitrogens with zero attached hydrogens (tertiary/aromatic N) is 2. The summed E-state index contributed by atoms with van der Waals surface area (Å²) in [5.74, 6) is 0.197. The topological polar surface area (TPSA) is 25.2 Å². The molecule has 1 aliphatic heterocycles. The van der Waals surface area contributed by atoms with Gasteiger partial charge in [0, 0.05) is 24.5 Å². The Morgan fingerprint density at radius 1 is 0.926 bits per heavy atom. The monoisotopic (exact) mass is 358 g/mol.